The van der Waals surface area contributed by atoms with Gasteiger partial charge < -0.3 is 10.1 Å². The van der Waals surface area contributed by atoms with Crippen LogP contribution in [0.5, 0.6) is 5.75 Å². The van der Waals surface area contributed by atoms with Gasteiger partial charge >= 0.3 is 0 Å². The molecule has 0 atom stereocenters. The van der Waals surface area contributed by atoms with Crippen LogP contribution in [0.4, 0.5) is 5.69 Å². The third-order valence-electron chi connectivity index (χ3n) is 4.27. The van der Waals surface area contributed by atoms with Crippen LogP contribution >= 0.6 is 0 Å². The van der Waals surface area contributed by atoms with Crippen molar-refractivity contribution in [1.82, 2.24) is 9.78 Å². The predicted molar refractivity (Wildman–Crippen MR) is 103 cm³/mol. The average molecular weight is 349 g/mol. The Bertz CT molecular complexity index is 907. The number of hydrogen-bond donors (Lipinski definition) is 1. The van der Waals surface area contributed by atoms with Crippen molar-refractivity contribution < 1.29 is 9.53 Å². The van der Waals surface area contributed by atoms with Crippen molar-refractivity contribution in [2.45, 2.75) is 27.4 Å². The third kappa shape index (κ3) is 3.94. The van der Waals surface area contributed by atoms with Crippen LogP contribution in [0.3, 0.4) is 0 Å². The first-order valence-corrected chi connectivity index (χ1v) is 8.53. The second-order valence-corrected chi connectivity index (χ2v) is 6.46. The highest BCUT2D eigenvalue weighted by atomic mass is 16.5. The summed E-state index contributed by atoms with van der Waals surface area (Å²) in [5.74, 6) is 0.768. The van der Waals surface area contributed by atoms with Gasteiger partial charge in [0.15, 0.2) is 0 Å². The zero-order valence-corrected chi connectivity index (χ0v) is 15.5. The van der Waals surface area contributed by atoms with E-state index in [1.165, 1.54) is 0 Å². The molecule has 0 saturated carbocycles. The van der Waals surface area contributed by atoms with Gasteiger partial charge in [-0.2, -0.15) is 5.10 Å². The zero-order chi connectivity index (χ0) is 18.7. The Hall–Kier alpha value is -3.08. The molecule has 0 saturated heterocycles. The van der Waals surface area contributed by atoms with E-state index in [1.807, 2.05) is 70.3 Å². The van der Waals surface area contributed by atoms with Crippen LogP contribution in [-0.2, 0) is 13.7 Å². The second-order valence-electron chi connectivity index (χ2n) is 6.46. The Morgan fingerprint density at radius 3 is 2.31 bits per heavy atom. The number of aryl methyl sites for hydroxylation is 4. The zero-order valence-electron chi connectivity index (χ0n) is 15.5. The highest BCUT2D eigenvalue weighted by Crippen LogP contribution is 2.23. The highest BCUT2D eigenvalue weighted by Gasteiger charge is 2.10. The Morgan fingerprint density at radius 1 is 1.08 bits per heavy atom. The van der Waals surface area contributed by atoms with Gasteiger partial charge in [-0.05, 0) is 49.6 Å². The van der Waals surface area contributed by atoms with E-state index in [9.17, 15) is 4.79 Å². The van der Waals surface area contributed by atoms with E-state index >= 15 is 0 Å². The summed E-state index contributed by atoms with van der Waals surface area (Å²) in [6.07, 6.45) is 1.79. The van der Waals surface area contributed by atoms with Gasteiger partial charge in [0, 0.05) is 18.8 Å². The Kier molecular flexibility index (Phi) is 5.07. The van der Waals surface area contributed by atoms with E-state index in [0.29, 0.717) is 12.2 Å². The molecule has 0 aliphatic rings. The summed E-state index contributed by atoms with van der Waals surface area (Å²) in [5.41, 5.74) is 5.37. The molecule has 0 fully saturated rings. The van der Waals surface area contributed by atoms with Gasteiger partial charge in [0.2, 0.25) is 0 Å². The number of nitrogens with zero attached hydrogens (tertiary/aromatic N) is 2. The van der Waals surface area contributed by atoms with Crippen molar-refractivity contribution in [2.75, 3.05) is 5.32 Å². The molecular weight excluding hydrogens is 326 g/mol. The van der Waals surface area contributed by atoms with Crippen molar-refractivity contribution in [3.05, 3.63) is 76.6 Å². The number of anilines is 1. The van der Waals surface area contributed by atoms with E-state index in [-0.39, 0.29) is 5.91 Å². The number of carbonyl (C=O) groups excluding carboxylic acids is 1. The van der Waals surface area contributed by atoms with Gasteiger partial charge in [-0.25, -0.2) is 0 Å². The lowest BCUT2D eigenvalue weighted by Crippen LogP contribution is -2.12. The normalized spacial score (nSPS) is 10.6. The maximum absolute atomic E-state index is 12.4. The van der Waals surface area contributed by atoms with Crippen LogP contribution in [0, 0.1) is 20.8 Å². The van der Waals surface area contributed by atoms with E-state index in [4.69, 9.17) is 4.74 Å². The summed E-state index contributed by atoms with van der Waals surface area (Å²) in [5, 5.41) is 7.11. The smallest absolute Gasteiger partial charge is 0.255 e. The van der Waals surface area contributed by atoms with Crippen LogP contribution in [0.1, 0.15) is 32.7 Å². The number of rotatable bonds is 5. The first-order chi connectivity index (χ1) is 12.4. The van der Waals surface area contributed by atoms with E-state index in [0.717, 1.165) is 33.8 Å². The Labute approximate surface area is 153 Å². The summed E-state index contributed by atoms with van der Waals surface area (Å²) in [6.45, 7) is 6.41. The van der Waals surface area contributed by atoms with Crippen molar-refractivity contribution in [1.29, 1.82) is 0 Å². The number of para-hydroxylation sites is 1. The van der Waals surface area contributed by atoms with E-state index in [1.54, 1.807) is 10.9 Å². The van der Waals surface area contributed by atoms with Crippen LogP contribution in [0.25, 0.3) is 0 Å². The molecule has 134 valence electrons. The number of aromatic nitrogens is 2. The Balaban J connectivity index is 1.64. The fraction of sp³-hybridized carbons (Fsp3) is 0.238. The molecule has 3 rings (SSSR count). The molecule has 1 amide bonds. The van der Waals surface area contributed by atoms with Crippen LogP contribution in [-0.4, -0.2) is 15.7 Å². The Morgan fingerprint density at radius 2 is 1.73 bits per heavy atom. The number of carbonyl (C=O) groups is 1. The van der Waals surface area contributed by atoms with Crippen molar-refractivity contribution in [3.8, 4) is 5.75 Å². The molecule has 1 N–H and O–H groups in total. The second kappa shape index (κ2) is 7.44. The molecule has 0 unspecified atom stereocenters. The molecule has 0 spiro atoms. The van der Waals surface area contributed by atoms with Crippen molar-refractivity contribution in [2.24, 2.45) is 7.05 Å². The average Bonchev–Trinajstić information content (AvgIpc) is 2.92. The minimum atomic E-state index is -0.150. The number of hydrogen-bond acceptors (Lipinski definition) is 3. The summed E-state index contributed by atoms with van der Waals surface area (Å²) < 4.78 is 7.64. The van der Waals surface area contributed by atoms with Crippen LogP contribution in [0.2, 0.25) is 0 Å². The standard InChI is InChI=1S/C21H23N3O2/c1-14-6-5-7-15(2)20(14)26-13-17-8-10-18(11-9-17)21(25)22-19-12-24(4)23-16(19)3/h5-12H,13H2,1-4H3,(H,22,25). The molecule has 5 nitrogen and oxygen atoms in total. The van der Waals surface area contributed by atoms with Gasteiger partial charge in [-0.15, -0.1) is 0 Å². The molecule has 5 heteroatoms. The maximum Gasteiger partial charge on any atom is 0.255 e. The molecule has 0 radical (unpaired) electrons. The minimum absolute atomic E-state index is 0.150. The van der Waals surface area contributed by atoms with E-state index in [2.05, 4.69) is 10.4 Å². The molecule has 3 aromatic rings. The predicted octanol–water partition coefficient (Wildman–Crippen LogP) is 4.18. The molecule has 26 heavy (non-hydrogen) atoms. The minimum Gasteiger partial charge on any atom is -0.488 e. The highest BCUT2D eigenvalue weighted by molar-refractivity contribution is 6.04. The summed E-state index contributed by atoms with van der Waals surface area (Å²) in [6, 6.07) is 13.5. The maximum atomic E-state index is 12.4. The van der Waals surface area contributed by atoms with Crippen LogP contribution < -0.4 is 10.1 Å². The lowest BCUT2D eigenvalue weighted by Gasteiger charge is -2.12. The summed E-state index contributed by atoms with van der Waals surface area (Å²) in [7, 11) is 1.83. The molecule has 0 aliphatic carbocycles. The number of amides is 1. The summed E-state index contributed by atoms with van der Waals surface area (Å²) >= 11 is 0. The number of ether oxygens (including phenoxy) is 1. The van der Waals surface area contributed by atoms with E-state index < -0.39 is 0 Å². The van der Waals surface area contributed by atoms with Crippen molar-refractivity contribution in [3.63, 3.8) is 0 Å². The first kappa shape index (κ1) is 17.7. The quantitative estimate of drug-likeness (QED) is 0.752. The molecule has 0 bridgehead atoms. The third-order valence-corrected chi connectivity index (χ3v) is 4.27. The largest absolute Gasteiger partial charge is 0.488 e. The summed E-state index contributed by atoms with van der Waals surface area (Å²) in [4.78, 5) is 12.4. The molecule has 1 heterocycles. The molecular formula is C21H23N3O2. The first-order valence-electron chi connectivity index (χ1n) is 8.53. The fourth-order valence-corrected chi connectivity index (χ4v) is 2.85. The van der Waals surface area contributed by atoms with Gasteiger partial charge in [0.05, 0.1) is 11.4 Å². The SMILES string of the molecule is Cc1cccc(C)c1OCc1ccc(C(=O)Nc2cn(C)nc2C)cc1. The van der Waals surface area contributed by atoms with Crippen molar-refractivity contribution >= 4 is 11.6 Å². The fourth-order valence-electron chi connectivity index (χ4n) is 2.85. The molecule has 2 aromatic carbocycles. The van der Waals surface area contributed by atoms with Crippen LogP contribution in [0.15, 0.2) is 48.7 Å². The van der Waals surface area contributed by atoms with Gasteiger partial charge in [0.25, 0.3) is 5.91 Å². The van der Waals surface area contributed by atoms with Gasteiger partial charge in [0.1, 0.15) is 12.4 Å². The number of nitrogens with one attached hydrogen (secondary N) is 1. The van der Waals surface area contributed by atoms with Gasteiger partial charge in [-0.1, -0.05) is 30.3 Å². The van der Waals surface area contributed by atoms with Gasteiger partial charge in [-0.3, -0.25) is 9.48 Å². The molecule has 0 aliphatic heterocycles. The lowest BCUT2D eigenvalue weighted by atomic mass is 10.1. The lowest BCUT2D eigenvalue weighted by molar-refractivity contribution is 0.102. The monoisotopic (exact) mass is 349 g/mol. The topological polar surface area (TPSA) is 56.1 Å². The number of benzene rings is 2. The molecule has 1 aromatic heterocycles.